The Bertz CT molecular complexity index is 589. The molecular formula is C17H26N2O4S4. The Balaban J connectivity index is 1.64. The van der Waals surface area contributed by atoms with Crippen molar-refractivity contribution in [1.29, 1.82) is 0 Å². The van der Waals surface area contributed by atoms with Crippen molar-refractivity contribution in [2.45, 2.75) is 48.9 Å². The van der Waals surface area contributed by atoms with E-state index in [1.807, 2.05) is 6.26 Å². The van der Waals surface area contributed by atoms with Crippen molar-refractivity contribution >= 4 is 68.7 Å². The molecule has 4 amide bonds. The fourth-order valence-corrected chi connectivity index (χ4v) is 6.60. The zero-order valence-corrected chi connectivity index (χ0v) is 19.1. The van der Waals surface area contributed by atoms with Crippen LogP contribution in [0.2, 0.25) is 0 Å². The van der Waals surface area contributed by atoms with Gasteiger partial charge in [0.05, 0.1) is 10.5 Å². The van der Waals surface area contributed by atoms with Crippen LogP contribution in [0, 0.1) is 0 Å². The molecular weight excluding hydrogens is 424 g/mol. The second-order valence-electron chi connectivity index (χ2n) is 6.39. The summed E-state index contributed by atoms with van der Waals surface area (Å²) in [5.74, 6) is 0.977. The third kappa shape index (κ3) is 6.08. The molecule has 3 unspecified atom stereocenters. The Hall–Kier alpha value is -0.320. The van der Waals surface area contributed by atoms with E-state index in [1.54, 1.807) is 33.3 Å². The zero-order chi connectivity index (χ0) is 20.0. The molecule has 3 atom stereocenters. The number of amides is 4. The molecule has 0 aromatic carbocycles. The van der Waals surface area contributed by atoms with E-state index >= 15 is 0 Å². The van der Waals surface area contributed by atoms with E-state index < -0.39 is 0 Å². The number of carbonyl (C=O) groups is 4. The summed E-state index contributed by atoms with van der Waals surface area (Å²) in [6.07, 6.45) is 3.43. The number of thioether (sulfide) groups is 2. The first-order valence-electron chi connectivity index (χ1n) is 9.00. The monoisotopic (exact) mass is 450 g/mol. The average molecular weight is 451 g/mol. The Morgan fingerprint density at radius 3 is 1.85 bits per heavy atom. The summed E-state index contributed by atoms with van der Waals surface area (Å²) in [4.78, 5) is 51.1. The largest absolute Gasteiger partial charge is 0.281 e. The molecule has 2 aliphatic heterocycles. The average Bonchev–Trinajstić information content (AvgIpc) is 3.07. The smallest absolute Gasteiger partial charge is 0.242 e. The van der Waals surface area contributed by atoms with E-state index in [0.29, 0.717) is 42.7 Å². The van der Waals surface area contributed by atoms with Crippen molar-refractivity contribution in [3.8, 4) is 0 Å². The fraction of sp³-hybridized carbons (Fsp3) is 0.765. The van der Waals surface area contributed by atoms with Gasteiger partial charge in [-0.15, -0.1) is 11.8 Å². The number of carbonyl (C=O) groups excluding carboxylic acids is 4. The van der Waals surface area contributed by atoms with Crippen molar-refractivity contribution in [1.82, 2.24) is 9.80 Å². The number of hydrogen-bond acceptors (Lipinski definition) is 8. The van der Waals surface area contributed by atoms with Crippen molar-refractivity contribution in [3.63, 3.8) is 0 Å². The SMILES string of the molecule is CCC(C)SC1CC(=O)N(CCSSCCN2C(=O)CC(SC)C2=O)C1=O. The van der Waals surface area contributed by atoms with Gasteiger partial charge in [0.15, 0.2) is 0 Å². The minimum absolute atomic E-state index is 0.0627. The molecule has 10 heteroatoms. The topological polar surface area (TPSA) is 74.8 Å². The van der Waals surface area contributed by atoms with Crippen LogP contribution < -0.4 is 0 Å². The summed E-state index contributed by atoms with van der Waals surface area (Å²) in [5, 5.41) is -0.0939. The van der Waals surface area contributed by atoms with Gasteiger partial charge in [-0.2, -0.15) is 11.8 Å². The summed E-state index contributed by atoms with van der Waals surface area (Å²) in [6.45, 7) is 4.99. The maximum absolute atomic E-state index is 12.4. The van der Waals surface area contributed by atoms with Gasteiger partial charge in [0.2, 0.25) is 23.6 Å². The van der Waals surface area contributed by atoms with Gasteiger partial charge in [0.1, 0.15) is 0 Å². The first kappa shape index (κ1) is 23.0. The van der Waals surface area contributed by atoms with Gasteiger partial charge in [-0.3, -0.25) is 29.0 Å². The summed E-state index contributed by atoms with van der Waals surface area (Å²) < 4.78 is 0. The van der Waals surface area contributed by atoms with Crippen LogP contribution in [0.5, 0.6) is 0 Å². The zero-order valence-electron chi connectivity index (χ0n) is 15.8. The van der Waals surface area contributed by atoms with E-state index in [0.717, 1.165) is 6.42 Å². The van der Waals surface area contributed by atoms with Crippen LogP contribution in [0.4, 0.5) is 0 Å². The van der Waals surface area contributed by atoms with Gasteiger partial charge in [-0.1, -0.05) is 35.4 Å². The van der Waals surface area contributed by atoms with Crippen LogP contribution in [0.3, 0.4) is 0 Å². The molecule has 0 aromatic heterocycles. The molecule has 152 valence electrons. The third-order valence-corrected chi connectivity index (χ3v) is 9.34. The lowest BCUT2D eigenvalue weighted by Gasteiger charge is -2.16. The first-order chi connectivity index (χ1) is 12.9. The van der Waals surface area contributed by atoms with Gasteiger partial charge < -0.3 is 0 Å². The van der Waals surface area contributed by atoms with Crippen molar-refractivity contribution in [2.75, 3.05) is 30.9 Å². The van der Waals surface area contributed by atoms with Gasteiger partial charge in [0.25, 0.3) is 0 Å². The lowest BCUT2D eigenvalue weighted by molar-refractivity contribution is -0.139. The highest BCUT2D eigenvalue weighted by molar-refractivity contribution is 8.76. The number of rotatable bonds is 11. The molecule has 2 saturated heterocycles. The van der Waals surface area contributed by atoms with Crippen molar-refractivity contribution in [3.05, 3.63) is 0 Å². The van der Waals surface area contributed by atoms with Crippen molar-refractivity contribution < 1.29 is 19.2 Å². The van der Waals surface area contributed by atoms with Crippen LogP contribution in [-0.2, 0) is 19.2 Å². The summed E-state index contributed by atoms with van der Waals surface area (Å²) in [6, 6.07) is 0. The molecule has 0 N–H and O–H groups in total. The van der Waals surface area contributed by atoms with Crippen LogP contribution >= 0.6 is 45.1 Å². The Kier molecular flexibility index (Phi) is 9.37. The molecule has 0 aromatic rings. The number of hydrogen-bond donors (Lipinski definition) is 0. The maximum atomic E-state index is 12.4. The van der Waals surface area contributed by atoms with Crippen molar-refractivity contribution in [2.24, 2.45) is 0 Å². The van der Waals surface area contributed by atoms with Gasteiger partial charge in [-0.25, -0.2) is 0 Å². The Labute approximate surface area is 177 Å². The molecule has 0 aliphatic carbocycles. The fourth-order valence-electron chi connectivity index (χ4n) is 2.82. The van der Waals surface area contributed by atoms with Crippen LogP contribution in [0.15, 0.2) is 0 Å². The van der Waals surface area contributed by atoms with Crippen LogP contribution in [0.25, 0.3) is 0 Å². The summed E-state index contributed by atoms with van der Waals surface area (Å²) >= 11 is 3.01. The molecule has 2 rings (SSSR count). The molecule has 0 spiro atoms. The first-order valence-corrected chi connectivity index (χ1v) is 13.7. The molecule has 6 nitrogen and oxygen atoms in total. The predicted molar refractivity (Wildman–Crippen MR) is 116 cm³/mol. The van der Waals surface area contributed by atoms with Gasteiger partial charge >= 0.3 is 0 Å². The normalized spacial score (nSPS) is 24.4. The molecule has 27 heavy (non-hydrogen) atoms. The minimum atomic E-state index is -0.235. The van der Waals surface area contributed by atoms with Crippen LogP contribution in [0.1, 0.15) is 33.1 Å². The molecule has 0 bridgehead atoms. The molecule has 2 heterocycles. The number of likely N-dealkylation sites (tertiary alicyclic amines) is 2. The van der Waals surface area contributed by atoms with E-state index in [2.05, 4.69) is 13.8 Å². The highest BCUT2D eigenvalue weighted by Crippen LogP contribution is 2.31. The maximum Gasteiger partial charge on any atom is 0.242 e. The van der Waals surface area contributed by atoms with E-state index in [-0.39, 0.29) is 34.1 Å². The lowest BCUT2D eigenvalue weighted by Crippen LogP contribution is -2.33. The molecule has 0 radical (unpaired) electrons. The third-order valence-electron chi connectivity index (χ3n) is 4.54. The predicted octanol–water partition coefficient (Wildman–Crippen LogP) is 2.52. The van der Waals surface area contributed by atoms with E-state index in [1.165, 1.54) is 21.6 Å². The van der Waals surface area contributed by atoms with Gasteiger partial charge in [-0.05, 0) is 12.7 Å². The molecule has 2 aliphatic rings. The highest BCUT2D eigenvalue weighted by Gasteiger charge is 2.39. The lowest BCUT2D eigenvalue weighted by atomic mass is 10.3. The summed E-state index contributed by atoms with van der Waals surface area (Å²) in [7, 11) is 3.13. The second-order valence-corrected chi connectivity index (χ2v) is 11.8. The second kappa shape index (κ2) is 11.0. The van der Waals surface area contributed by atoms with Crippen LogP contribution in [-0.4, -0.2) is 80.0 Å². The Morgan fingerprint density at radius 2 is 1.41 bits per heavy atom. The standard InChI is InChI=1S/C17H26N2O4S4/c1-4-11(2)27-13-10-15(21)19(17(13)23)6-8-26-25-7-5-18-14(20)9-12(24-3)16(18)22/h11-13H,4-10H2,1-3H3. The quantitative estimate of drug-likeness (QED) is 0.270. The number of nitrogens with zero attached hydrogens (tertiary/aromatic N) is 2. The highest BCUT2D eigenvalue weighted by atomic mass is 33.1. The summed E-state index contributed by atoms with van der Waals surface area (Å²) in [5.41, 5.74) is 0. The molecule has 0 saturated carbocycles. The number of imide groups is 2. The van der Waals surface area contributed by atoms with E-state index in [9.17, 15) is 19.2 Å². The Morgan fingerprint density at radius 1 is 0.926 bits per heavy atom. The van der Waals surface area contributed by atoms with Gasteiger partial charge in [0, 0.05) is 42.7 Å². The molecule has 2 fully saturated rings. The minimum Gasteiger partial charge on any atom is -0.281 e. The van der Waals surface area contributed by atoms with E-state index in [4.69, 9.17) is 0 Å².